The van der Waals surface area contributed by atoms with Gasteiger partial charge in [0.05, 0.1) is 6.61 Å². The molecule has 0 radical (unpaired) electrons. The Kier molecular flexibility index (Phi) is 6.93. The van der Waals surface area contributed by atoms with Crippen LogP contribution in [-0.2, 0) is 0 Å². The van der Waals surface area contributed by atoms with Gasteiger partial charge in [0.25, 0.3) is 0 Å². The van der Waals surface area contributed by atoms with Crippen molar-refractivity contribution < 1.29 is 4.74 Å². The quantitative estimate of drug-likeness (QED) is 0.745. The monoisotopic (exact) mass is 275 g/mol. The summed E-state index contributed by atoms with van der Waals surface area (Å²) in [7, 11) is 0. The normalized spacial score (nSPS) is 18.4. The first kappa shape index (κ1) is 15.4. The van der Waals surface area contributed by atoms with Gasteiger partial charge < -0.3 is 10.1 Å². The molecule has 1 aromatic carbocycles. The smallest absolute Gasteiger partial charge is 0.119 e. The van der Waals surface area contributed by atoms with E-state index in [9.17, 15) is 0 Å². The van der Waals surface area contributed by atoms with E-state index in [0.29, 0.717) is 6.04 Å². The van der Waals surface area contributed by atoms with Crippen LogP contribution < -0.4 is 10.1 Å². The summed E-state index contributed by atoms with van der Waals surface area (Å²) in [5.74, 6) is 1.83. The van der Waals surface area contributed by atoms with E-state index in [2.05, 4.69) is 12.2 Å². The highest BCUT2D eigenvalue weighted by Gasteiger charge is 2.21. The number of nitrogens with one attached hydrogen (secondary N) is 1. The lowest BCUT2D eigenvalue weighted by atomic mass is 9.90. The third-order valence-corrected chi connectivity index (χ3v) is 4.38. The topological polar surface area (TPSA) is 21.3 Å². The molecule has 1 atom stereocenters. The van der Waals surface area contributed by atoms with Gasteiger partial charge in [0.15, 0.2) is 0 Å². The molecule has 0 aromatic heterocycles. The minimum atomic E-state index is 0.627. The van der Waals surface area contributed by atoms with Gasteiger partial charge in [-0.2, -0.15) is 0 Å². The lowest BCUT2D eigenvalue weighted by Crippen LogP contribution is -2.37. The standard InChI is InChI=1S/C18H29NO/c1-2-19-18(16-10-6-3-4-7-11-16)14-15-20-17-12-8-5-9-13-17/h5,8-9,12-13,16,18-19H,2-4,6-7,10-11,14-15H2,1H3. The van der Waals surface area contributed by atoms with Crippen LogP contribution in [0, 0.1) is 5.92 Å². The Balaban J connectivity index is 1.79. The van der Waals surface area contributed by atoms with Crippen molar-refractivity contribution in [1.82, 2.24) is 5.32 Å². The van der Waals surface area contributed by atoms with Gasteiger partial charge in [0.2, 0.25) is 0 Å². The van der Waals surface area contributed by atoms with Crippen LogP contribution in [0.4, 0.5) is 0 Å². The molecule has 1 fully saturated rings. The van der Waals surface area contributed by atoms with E-state index < -0.39 is 0 Å². The average Bonchev–Trinajstić information content (AvgIpc) is 2.76. The van der Waals surface area contributed by atoms with Gasteiger partial charge in [0, 0.05) is 6.04 Å². The largest absolute Gasteiger partial charge is 0.494 e. The molecule has 0 aliphatic heterocycles. The predicted molar refractivity (Wildman–Crippen MR) is 85.2 cm³/mol. The highest BCUT2D eigenvalue weighted by Crippen LogP contribution is 2.27. The maximum Gasteiger partial charge on any atom is 0.119 e. The Morgan fingerprint density at radius 3 is 2.45 bits per heavy atom. The molecule has 2 heteroatoms. The van der Waals surface area contributed by atoms with E-state index >= 15 is 0 Å². The van der Waals surface area contributed by atoms with Crippen molar-refractivity contribution in [2.24, 2.45) is 5.92 Å². The maximum absolute atomic E-state index is 5.86. The molecular weight excluding hydrogens is 246 g/mol. The number of hydrogen-bond donors (Lipinski definition) is 1. The zero-order chi connectivity index (χ0) is 14.0. The third kappa shape index (κ3) is 5.16. The van der Waals surface area contributed by atoms with E-state index in [0.717, 1.165) is 31.2 Å². The summed E-state index contributed by atoms with van der Waals surface area (Å²) in [4.78, 5) is 0. The summed E-state index contributed by atoms with van der Waals surface area (Å²) in [5, 5.41) is 3.69. The second-order valence-electron chi connectivity index (χ2n) is 5.87. The van der Waals surface area contributed by atoms with Crippen LogP contribution in [0.1, 0.15) is 51.9 Å². The molecular formula is C18H29NO. The molecule has 2 rings (SSSR count). The number of ether oxygens (including phenoxy) is 1. The molecule has 1 saturated carbocycles. The molecule has 20 heavy (non-hydrogen) atoms. The Morgan fingerprint density at radius 1 is 1.10 bits per heavy atom. The van der Waals surface area contributed by atoms with Crippen LogP contribution >= 0.6 is 0 Å². The van der Waals surface area contributed by atoms with Crippen LogP contribution in [0.2, 0.25) is 0 Å². The first-order valence-corrected chi connectivity index (χ1v) is 8.31. The molecule has 1 N–H and O–H groups in total. The summed E-state index contributed by atoms with van der Waals surface area (Å²) < 4.78 is 5.86. The van der Waals surface area contributed by atoms with E-state index in [1.165, 1.54) is 38.5 Å². The van der Waals surface area contributed by atoms with E-state index in [-0.39, 0.29) is 0 Å². The molecule has 0 spiro atoms. The Hall–Kier alpha value is -1.02. The minimum Gasteiger partial charge on any atom is -0.494 e. The molecule has 1 unspecified atom stereocenters. The van der Waals surface area contributed by atoms with Gasteiger partial charge in [-0.3, -0.25) is 0 Å². The van der Waals surface area contributed by atoms with Gasteiger partial charge in [0.1, 0.15) is 5.75 Å². The second-order valence-corrected chi connectivity index (χ2v) is 5.87. The van der Waals surface area contributed by atoms with E-state index in [4.69, 9.17) is 4.74 Å². The Bertz CT molecular complexity index is 344. The van der Waals surface area contributed by atoms with Gasteiger partial charge in [-0.25, -0.2) is 0 Å². The summed E-state index contributed by atoms with van der Waals surface area (Å²) in [6.07, 6.45) is 9.57. The summed E-state index contributed by atoms with van der Waals surface area (Å²) >= 11 is 0. The van der Waals surface area contributed by atoms with Crippen molar-refractivity contribution in [2.45, 2.75) is 57.9 Å². The summed E-state index contributed by atoms with van der Waals surface area (Å²) in [5.41, 5.74) is 0. The van der Waals surface area contributed by atoms with Gasteiger partial charge in [-0.1, -0.05) is 50.8 Å². The summed E-state index contributed by atoms with van der Waals surface area (Å²) in [6, 6.07) is 10.8. The lowest BCUT2D eigenvalue weighted by molar-refractivity contribution is 0.240. The van der Waals surface area contributed by atoms with Crippen molar-refractivity contribution in [3.05, 3.63) is 30.3 Å². The fraction of sp³-hybridized carbons (Fsp3) is 0.667. The van der Waals surface area contributed by atoms with E-state index in [1.54, 1.807) is 0 Å². The summed E-state index contributed by atoms with van der Waals surface area (Å²) in [6.45, 7) is 4.09. The fourth-order valence-corrected chi connectivity index (χ4v) is 3.30. The van der Waals surface area contributed by atoms with Crippen LogP contribution in [-0.4, -0.2) is 19.2 Å². The van der Waals surface area contributed by atoms with Gasteiger partial charge in [-0.15, -0.1) is 0 Å². The molecule has 1 aromatic rings. The predicted octanol–water partition coefficient (Wildman–Crippen LogP) is 4.40. The molecule has 1 aliphatic rings. The molecule has 0 saturated heterocycles. The first-order chi connectivity index (χ1) is 9.90. The zero-order valence-electron chi connectivity index (χ0n) is 12.8. The highest BCUT2D eigenvalue weighted by molar-refractivity contribution is 5.20. The Morgan fingerprint density at radius 2 is 1.80 bits per heavy atom. The molecule has 0 heterocycles. The van der Waals surface area contributed by atoms with Gasteiger partial charge >= 0.3 is 0 Å². The lowest BCUT2D eigenvalue weighted by Gasteiger charge is -2.27. The molecule has 2 nitrogen and oxygen atoms in total. The Labute approximate surface area is 123 Å². The maximum atomic E-state index is 5.86. The number of para-hydroxylation sites is 1. The third-order valence-electron chi connectivity index (χ3n) is 4.38. The van der Waals surface area contributed by atoms with Crippen molar-refractivity contribution in [2.75, 3.05) is 13.2 Å². The second kappa shape index (κ2) is 9.02. The molecule has 1 aliphatic carbocycles. The number of benzene rings is 1. The van der Waals surface area contributed by atoms with Crippen molar-refractivity contribution in [1.29, 1.82) is 0 Å². The van der Waals surface area contributed by atoms with Crippen molar-refractivity contribution in [3.8, 4) is 5.75 Å². The molecule has 0 amide bonds. The first-order valence-electron chi connectivity index (χ1n) is 8.31. The molecule has 0 bridgehead atoms. The number of hydrogen-bond acceptors (Lipinski definition) is 2. The van der Waals surface area contributed by atoms with E-state index in [1.807, 2.05) is 30.3 Å². The SMILES string of the molecule is CCNC(CCOc1ccccc1)C1CCCCCC1. The van der Waals surface area contributed by atoms with Crippen LogP contribution in [0.5, 0.6) is 5.75 Å². The van der Waals surface area contributed by atoms with Crippen LogP contribution in [0.15, 0.2) is 30.3 Å². The van der Waals surface area contributed by atoms with Crippen LogP contribution in [0.25, 0.3) is 0 Å². The van der Waals surface area contributed by atoms with Crippen molar-refractivity contribution in [3.63, 3.8) is 0 Å². The highest BCUT2D eigenvalue weighted by atomic mass is 16.5. The molecule has 112 valence electrons. The number of rotatable bonds is 7. The average molecular weight is 275 g/mol. The van der Waals surface area contributed by atoms with Crippen molar-refractivity contribution >= 4 is 0 Å². The van der Waals surface area contributed by atoms with Crippen LogP contribution in [0.3, 0.4) is 0 Å². The zero-order valence-corrected chi connectivity index (χ0v) is 12.8. The van der Waals surface area contributed by atoms with Gasteiger partial charge in [-0.05, 0) is 43.9 Å². The minimum absolute atomic E-state index is 0.627. The fourth-order valence-electron chi connectivity index (χ4n) is 3.30.